The molecule has 1 atom stereocenters. The maximum absolute atomic E-state index is 14.3. The fourth-order valence-electron chi connectivity index (χ4n) is 6.90. The maximum atomic E-state index is 14.3. The van der Waals surface area contributed by atoms with Crippen LogP contribution in [0, 0.1) is 11.8 Å². The van der Waals surface area contributed by atoms with Gasteiger partial charge in [-0.2, -0.15) is 22.7 Å². The molecule has 2 aliphatic rings. The van der Waals surface area contributed by atoms with Crippen molar-refractivity contribution in [3.05, 3.63) is 89.2 Å². The highest BCUT2D eigenvalue weighted by molar-refractivity contribution is 5.99. The molecule has 312 valence electrons. The maximum Gasteiger partial charge on any atom is 0.411 e. The van der Waals surface area contributed by atoms with Crippen molar-refractivity contribution in [3.8, 4) is 22.5 Å². The molecule has 6 rings (SSSR count). The number of carbonyl (C=O) groups excluding carboxylic acids is 4. The molecule has 0 radical (unpaired) electrons. The highest BCUT2D eigenvalue weighted by atomic mass is 19.3. The molecule has 1 saturated carbocycles. The number of aliphatic carboxylic acids is 1. The average Bonchev–Trinajstić information content (AvgIpc) is 3.84. The van der Waals surface area contributed by atoms with E-state index in [1.54, 1.807) is 31.9 Å². The molecule has 18 heteroatoms. The van der Waals surface area contributed by atoms with Crippen molar-refractivity contribution in [1.29, 1.82) is 0 Å². The average molecular weight is 822 g/mol. The summed E-state index contributed by atoms with van der Waals surface area (Å²) in [6.45, 7) is 6.19. The van der Waals surface area contributed by atoms with E-state index in [-0.39, 0.29) is 41.3 Å². The minimum absolute atomic E-state index is 0.0908. The summed E-state index contributed by atoms with van der Waals surface area (Å²) in [7, 11) is 0. The Bertz CT molecular complexity index is 2220. The Morgan fingerprint density at radius 2 is 1.54 bits per heavy atom. The Balaban J connectivity index is 1.13. The summed E-state index contributed by atoms with van der Waals surface area (Å²) in [5.74, 6) is -16.9. The van der Waals surface area contributed by atoms with Gasteiger partial charge in [-0.05, 0) is 111 Å². The van der Waals surface area contributed by atoms with Gasteiger partial charge < -0.3 is 31.1 Å². The van der Waals surface area contributed by atoms with Gasteiger partial charge in [0.25, 0.3) is 5.91 Å². The lowest BCUT2D eigenvalue weighted by atomic mass is 9.81. The van der Waals surface area contributed by atoms with E-state index in [1.807, 2.05) is 36.4 Å². The van der Waals surface area contributed by atoms with Crippen LogP contribution in [0.3, 0.4) is 0 Å². The molecule has 2 heterocycles. The minimum atomic E-state index is -5.45. The van der Waals surface area contributed by atoms with Crippen molar-refractivity contribution in [2.45, 2.75) is 82.9 Å². The zero-order valence-electron chi connectivity index (χ0n) is 32.3. The normalized spacial score (nSPS) is 17.3. The standard InChI is InChI=1S/C41H43F4N7O7/c1-39(2,3)59-38(58)47-20-23-6-10-26(11-7-23)33(53)49-31(18-22-4-8-24(9-5-22)27-14-17-30-28(19-27)21-46-34(30)54)35(55)48-29-15-12-25(13-16-29)32-50-36(52-51-32)40(42,43)41(44,45)37(56)57/h4-5,8-9,12-17,19,23,26,31H,6-7,10-11,18,20-21H2,1-3H3,(H,46,54)(H,47,58)(H,48,55)(H,49,53)(H,56,57)(H,50,51,52). The van der Waals surface area contributed by atoms with E-state index in [0.717, 1.165) is 22.3 Å². The third-order valence-electron chi connectivity index (χ3n) is 10.2. The summed E-state index contributed by atoms with van der Waals surface area (Å²) in [6.07, 6.45) is 2.05. The molecule has 4 aromatic rings. The summed E-state index contributed by atoms with van der Waals surface area (Å²) in [5.41, 5.74) is 3.77. The third-order valence-corrected chi connectivity index (χ3v) is 10.2. The quantitative estimate of drug-likeness (QED) is 0.0850. The van der Waals surface area contributed by atoms with Crippen LogP contribution in [-0.2, 0) is 38.0 Å². The second-order valence-corrected chi connectivity index (χ2v) is 15.6. The smallest absolute Gasteiger partial charge is 0.411 e. The zero-order valence-corrected chi connectivity index (χ0v) is 32.3. The van der Waals surface area contributed by atoms with Gasteiger partial charge >= 0.3 is 23.9 Å². The lowest BCUT2D eigenvalue weighted by molar-refractivity contribution is -0.231. The molecule has 0 saturated heterocycles. The summed E-state index contributed by atoms with van der Waals surface area (Å²) in [4.78, 5) is 65.8. The van der Waals surface area contributed by atoms with Crippen LogP contribution in [0.2, 0.25) is 0 Å². The number of rotatable bonds is 13. The first kappa shape index (κ1) is 42.3. The van der Waals surface area contributed by atoms with Crippen LogP contribution in [0.5, 0.6) is 0 Å². The number of carbonyl (C=O) groups is 5. The summed E-state index contributed by atoms with van der Waals surface area (Å²) in [5, 5.41) is 25.1. The van der Waals surface area contributed by atoms with Crippen molar-refractivity contribution in [3.63, 3.8) is 0 Å². The van der Waals surface area contributed by atoms with E-state index in [4.69, 9.17) is 9.84 Å². The van der Waals surface area contributed by atoms with E-state index in [9.17, 15) is 41.5 Å². The van der Waals surface area contributed by atoms with Crippen LogP contribution >= 0.6 is 0 Å². The SMILES string of the molecule is CC(C)(C)OC(=O)NCC1CCC(C(=O)NC(Cc2ccc(-c3ccc4c(c3)CNC4=O)cc2)C(=O)Nc2ccc(-c3n[nH]c(C(F)(F)C(F)(F)C(=O)O)n3)cc2)CC1. The first-order chi connectivity index (χ1) is 27.8. The number of halogens is 4. The second-order valence-electron chi connectivity index (χ2n) is 15.6. The van der Waals surface area contributed by atoms with E-state index in [2.05, 4.69) is 31.3 Å². The Labute approximate surface area is 335 Å². The Morgan fingerprint density at radius 1 is 0.898 bits per heavy atom. The van der Waals surface area contributed by atoms with Crippen LogP contribution in [-0.4, -0.2) is 74.2 Å². The fraction of sp³-hybridized carbons (Fsp3) is 0.390. The highest BCUT2D eigenvalue weighted by Gasteiger charge is 2.65. The number of anilines is 1. The Hall–Kier alpha value is -6.33. The number of hydrogen-bond acceptors (Lipinski definition) is 8. The lowest BCUT2D eigenvalue weighted by Gasteiger charge is -2.29. The monoisotopic (exact) mass is 821 g/mol. The summed E-state index contributed by atoms with van der Waals surface area (Å²) < 4.78 is 61.2. The molecule has 1 aliphatic carbocycles. The van der Waals surface area contributed by atoms with Crippen molar-refractivity contribution >= 4 is 35.5 Å². The second kappa shape index (κ2) is 16.9. The first-order valence-electron chi connectivity index (χ1n) is 18.9. The number of hydrogen-bond donors (Lipinski definition) is 6. The first-order valence-corrected chi connectivity index (χ1v) is 18.9. The fourth-order valence-corrected chi connectivity index (χ4v) is 6.90. The number of aromatic amines is 1. The zero-order chi connectivity index (χ0) is 42.7. The van der Waals surface area contributed by atoms with Gasteiger partial charge in [0.1, 0.15) is 11.6 Å². The van der Waals surface area contributed by atoms with Gasteiger partial charge in [-0.15, -0.1) is 0 Å². The molecule has 1 unspecified atom stereocenters. The number of carboxylic acids is 1. The molecule has 6 N–H and O–H groups in total. The van der Waals surface area contributed by atoms with Crippen LogP contribution in [0.1, 0.15) is 73.8 Å². The van der Waals surface area contributed by atoms with Gasteiger partial charge in [0.05, 0.1) is 0 Å². The predicted molar refractivity (Wildman–Crippen MR) is 205 cm³/mol. The number of alkyl halides is 4. The van der Waals surface area contributed by atoms with Crippen molar-refractivity contribution in [1.82, 2.24) is 31.1 Å². The van der Waals surface area contributed by atoms with Gasteiger partial charge in [0.2, 0.25) is 17.6 Å². The molecule has 14 nitrogen and oxygen atoms in total. The Morgan fingerprint density at radius 3 is 2.19 bits per heavy atom. The number of amides is 4. The number of benzene rings is 3. The number of carboxylic acid groups (broad SMARTS) is 1. The number of H-pyrrole nitrogens is 1. The van der Waals surface area contributed by atoms with Crippen LogP contribution in [0.15, 0.2) is 66.7 Å². The van der Waals surface area contributed by atoms with E-state index < -0.39 is 53.1 Å². The van der Waals surface area contributed by atoms with Gasteiger partial charge in [-0.25, -0.2) is 14.6 Å². The van der Waals surface area contributed by atoms with Gasteiger partial charge in [-0.3, -0.25) is 19.5 Å². The number of aromatic nitrogens is 3. The minimum Gasteiger partial charge on any atom is -0.477 e. The number of alkyl carbamates (subject to hydrolysis) is 1. The molecule has 1 fully saturated rings. The van der Waals surface area contributed by atoms with E-state index >= 15 is 0 Å². The predicted octanol–water partition coefficient (Wildman–Crippen LogP) is 6.19. The molecular formula is C41H43F4N7O7. The Kier molecular flexibility index (Phi) is 12.1. The number of nitrogens with zero attached hydrogens (tertiary/aromatic N) is 2. The molecular weight excluding hydrogens is 778 g/mol. The number of nitrogens with one attached hydrogen (secondary N) is 5. The molecule has 4 amide bonds. The van der Waals surface area contributed by atoms with Crippen LogP contribution in [0.25, 0.3) is 22.5 Å². The van der Waals surface area contributed by atoms with Gasteiger partial charge in [0.15, 0.2) is 5.82 Å². The van der Waals surface area contributed by atoms with Gasteiger partial charge in [-0.1, -0.05) is 30.3 Å². The van der Waals surface area contributed by atoms with Crippen molar-refractivity contribution in [2.24, 2.45) is 11.8 Å². The van der Waals surface area contributed by atoms with Crippen LogP contribution < -0.4 is 21.3 Å². The molecule has 1 aliphatic heterocycles. The topological polar surface area (TPSA) is 204 Å². The highest BCUT2D eigenvalue weighted by Crippen LogP contribution is 2.42. The number of fused-ring (bicyclic) bond motifs is 1. The van der Waals surface area contributed by atoms with Crippen molar-refractivity contribution < 1.29 is 51.4 Å². The molecule has 0 spiro atoms. The number of ether oxygens (including phenoxy) is 1. The lowest BCUT2D eigenvalue weighted by Crippen LogP contribution is -2.48. The largest absolute Gasteiger partial charge is 0.477 e. The molecule has 0 bridgehead atoms. The van der Waals surface area contributed by atoms with Crippen LogP contribution in [0.4, 0.5) is 28.0 Å². The molecule has 1 aromatic heterocycles. The van der Waals surface area contributed by atoms with Gasteiger partial charge in [0, 0.05) is 42.2 Å². The van der Waals surface area contributed by atoms with E-state index in [0.29, 0.717) is 44.3 Å². The summed E-state index contributed by atoms with van der Waals surface area (Å²) in [6, 6.07) is 17.5. The third kappa shape index (κ3) is 9.87. The van der Waals surface area contributed by atoms with Crippen molar-refractivity contribution in [2.75, 3.05) is 11.9 Å². The summed E-state index contributed by atoms with van der Waals surface area (Å²) >= 11 is 0. The van der Waals surface area contributed by atoms with E-state index in [1.165, 1.54) is 24.3 Å². The molecule has 59 heavy (non-hydrogen) atoms. The molecule has 3 aromatic carbocycles.